The number of nitriles is 1. The molecule has 4 rings (SSSR count). The minimum Gasteiger partial charge on any atom is -0.382 e. The highest BCUT2D eigenvalue weighted by molar-refractivity contribution is 7.99. The molecule has 0 atom stereocenters. The number of para-hydroxylation sites is 1. The Hall–Kier alpha value is -2.82. The first-order chi connectivity index (χ1) is 12.2. The Kier molecular flexibility index (Phi) is 3.92. The first-order valence-corrected chi connectivity index (χ1v) is 9.18. The van der Waals surface area contributed by atoms with E-state index < -0.39 is 0 Å². The van der Waals surface area contributed by atoms with Crippen molar-refractivity contribution < 1.29 is 0 Å². The second-order valence-electron chi connectivity index (χ2n) is 5.47. The van der Waals surface area contributed by atoms with Crippen LogP contribution in [0.2, 0.25) is 0 Å². The highest BCUT2D eigenvalue weighted by atomic mass is 32.2. The molecule has 2 N–H and O–H groups in total. The van der Waals surface area contributed by atoms with E-state index in [1.807, 2.05) is 49.4 Å². The zero-order valence-electron chi connectivity index (χ0n) is 13.3. The largest absolute Gasteiger partial charge is 0.382 e. The number of thiazole rings is 1. The van der Waals surface area contributed by atoms with Crippen molar-refractivity contribution in [3.05, 3.63) is 59.7 Å². The predicted molar refractivity (Wildman–Crippen MR) is 101 cm³/mol. The zero-order chi connectivity index (χ0) is 17.4. The molecule has 7 heteroatoms. The SMILES string of the molecule is Cc1cccc(Sc2nn(-c3nc4ccccc4s3)c(N)c2C#N)c1. The lowest BCUT2D eigenvalue weighted by molar-refractivity contribution is 0.839. The third kappa shape index (κ3) is 2.86. The first kappa shape index (κ1) is 15.7. The molecule has 25 heavy (non-hydrogen) atoms. The van der Waals surface area contributed by atoms with E-state index in [1.54, 1.807) is 4.68 Å². The van der Waals surface area contributed by atoms with Crippen LogP contribution in [0.25, 0.3) is 15.3 Å². The zero-order valence-corrected chi connectivity index (χ0v) is 14.9. The maximum Gasteiger partial charge on any atom is 0.213 e. The number of rotatable bonds is 3. The maximum atomic E-state index is 9.52. The Balaban J connectivity index is 1.79. The number of benzene rings is 2. The molecule has 0 amide bonds. The monoisotopic (exact) mass is 363 g/mol. The minimum absolute atomic E-state index is 0.316. The van der Waals surface area contributed by atoms with Crippen molar-refractivity contribution in [2.24, 2.45) is 0 Å². The van der Waals surface area contributed by atoms with Gasteiger partial charge in [-0.15, -0.1) is 0 Å². The van der Waals surface area contributed by atoms with Gasteiger partial charge in [-0.25, -0.2) is 4.98 Å². The van der Waals surface area contributed by atoms with E-state index in [0.717, 1.165) is 20.7 Å². The fraction of sp³-hybridized carbons (Fsp3) is 0.0556. The van der Waals surface area contributed by atoms with Gasteiger partial charge in [-0.3, -0.25) is 0 Å². The van der Waals surface area contributed by atoms with Crippen molar-refractivity contribution in [2.75, 3.05) is 5.73 Å². The van der Waals surface area contributed by atoms with Crippen LogP contribution in [0, 0.1) is 18.3 Å². The van der Waals surface area contributed by atoms with Gasteiger partial charge in [0.25, 0.3) is 0 Å². The number of aromatic nitrogens is 3. The molecular formula is C18H13N5S2. The number of aryl methyl sites for hydroxylation is 1. The van der Waals surface area contributed by atoms with E-state index in [2.05, 4.69) is 22.2 Å². The van der Waals surface area contributed by atoms with Crippen molar-refractivity contribution in [1.82, 2.24) is 14.8 Å². The Morgan fingerprint density at radius 3 is 2.80 bits per heavy atom. The molecule has 0 bridgehead atoms. The minimum atomic E-state index is 0.316. The van der Waals surface area contributed by atoms with E-state index in [1.165, 1.54) is 23.1 Å². The van der Waals surface area contributed by atoms with E-state index in [0.29, 0.717) is 21.5 Å². The standard InChI is InChI=1S/C18H13N5S2/c1-11-5-4-6-12(9-11)24-17-13(10-19)16(20)23(22-17)18-21-14-7-2-3-8-15(14)25-18/h2-9H,20H2,1H3. The van der Waals surface area contributed by atoms with Gasteiger partial charge in [-0.1, -0.05) is 52.9 Å². The van der Waals surface area contributed by atoms with Gasteiger partial charge in [0.2, 0.25) is 5.13 Å². The summed E-state index contributed by atoms with van der Waals surface area (Å²) in [5, 5.41) is 15.3. The molecule has 0 fully saturated rings. The summed E-state index contributed by atoms with van der Waals surface area (Å²) in [7, 11) is 0. The van der Waals surface area contributed by atoms with Crippen molar-refractivity contribution >= 4 is 39.1 Å². The average molecular weight is 363 g/mol. The number of hydrogen-bond donors (Lipinski definition) is 1. The lowest BCUT2D eigenvalue weighted by atomic mass is 10.2. The van der Waals surface area contributed by atoms with E-state index in [4.69, 9.17) is 5.73 Å². The molecule has 0 saturated carbocycles. The smallest absolute Gasteiger partial charge is 0.213 e. The van der Waals surface area contributed by atoms with Gasteiger partial charge in [0.05, 0.1) is 10.2 Å². The van der Waals surface area contributed by atoms with Crippen LogP contribution in [0.15, 0.2) is 58.5 Å². The molecular weight excluding hydrogens is 350 g/mol. The van der Waals surface area contributed by atoms with Crippen LogP contribution in [0.4, 0.5) is 5.82 Å². The second kappa shape index (κ2) is 6.24. The lowest BCUT2D eigenvalue weighted by Crippen LogP contribution is -2.01. The second-order valence-corrected chi connectivity index (χ2v) is 7.54. The third-order valence-electron chi connectivity index (χ3n) is 3.67. The maximum absolute atomic E-state index is 9.52. The molecule has 0 unspecified atom stereocenters. The molecule has 4 aromatic rings. The van der Waals surface area contributed by atoms with Gasteiger partial charge in [0.1, 0.15) is 22.5 Å². The fourth-order valence-electron chi connectivity index (χ4n) is 2.47. The Bertz CT molecular complexity index is 1090. The molecule has 2 aromatic carbocycles. The summed E-state index contributed by atoms with van der Waals surface area (Å²) in [5.74, 6) is 0.316. The van der Waals surface area contributed by atoms with Gasteiger partial charge in [-0.2, -0.15) is 15.0 Å². The summed E-state index contributed by atoms with van der Waals surface area (Å²) < 4.78 is 2.61. The van der Waals surface area contributed by atoms with Gasteiger partial charge in [-0.05, 0) is 31.2 Å². The molecule has 122 valence electrons. The van der Waals surface area contributed by atoms with Crippen LogP contribution in [-0.2, 0) is 0 Å². The van der Waals surface area contributed by atoms with Crippen LogP contribution in [0.5, 0.6) is 0 Å². The molecule has 0 aliphatic rings. The van der Waals surface area contributed by atoms with Gasteiger partial charge < -0.3 is 5.73 Å². The summed E-state index contributed by atoms with van der Waals surface area (Å²) in [4.78, 5) is 5.59. The van der Waals surface area contributed by atoms with E-state index in [-0.39, 0.29) is 0 Å². The Morgan fingerprint density at radius 1 is 1.20 bits per heavy atom. The molecule has 2 aromatic heterocycles. The predicted octanol–water partition coefficient (Wildman–Crippen LogP) is 4.40. The number of anilines is 1. The molecule has 2 heterocycles. The summed E-state index contributed by atoms with van der Waals surface area (Å²) in [6.45, 7) is 2.03. The van der Waals surface area contributed by atoms with E-state index >= 15 is 0 Å². The van der Waals surface area contributed by atoms with Crippen molar-refractivity contribution in [3.8, 4) is 11.2 Å². The van der Waals surface area contributed by atoms with E-state index in [9.17, 15) is 5.26 Å². The summed E-state index contributed by atoms with van der Waals surface area (Å²) in [6.07, 6.45) is 0. The first-order valence-electron chi connectivity index (χ1n) is 7.55. The van der Waals surface area contributed by atoms with Crippen LogP contribution in [-0.4, -0.2) is 14.8 Å². The van der Waals surface area contributed by atoms with Gasteiger partial charge in [0.15, 0.2) is 0 Å². The summed E-state index contributed by atoms with van der Waals surface area (Å²) >= 11 is 2.93. The Morgan fingerprint density at radius 2 is 2.04 bits per heavy atom. The van der Waals surface area contributed by atoms with Gasteiger partial charge in [0, 0.05) is 4.90 Å². The summed E-state index contributed by atoms with van der Waals surface area (Å²) in [5.41, 5.74) is 8.61. The van der Waals surface area contributed by atoms with Gasteiger partial charge >= 0.3 is 0 Å². The Labute approximate surface area is 152 Å². The molecule has 0 aliphatic heterocycles. The number of nitrogens with zero attached hydrogens (tertiary/aromatic N) is 4. The van der Waals surface area contributed by atoms with Crippen LogP contribution in [0.3, 0.4) is 0 Å². The van der Waals surface area contributed by atoms with Crippen LogP contribution < -0.4 is 5.73 Å². The van der Waals surface area contributed by atoms with Crippen LogP contribution >= 0.6 is 23.1 Å². The highest BCUT2D eigenvalue weighted by Gasteiger charge is 2.19. The topological polar surface area (TPSA) is 80.5 Å². The quantitative estimate of drug-likeness (QED) is 0.584. The van der Waals surface area contributed by atoms with Crippen LogP contribution in [0.1, 0.15) is 11.1 Å². The average Bonchev–Trinajstić information content (AvgIpc) is 3.15. The summed E-state index contributed by atoms with van der Waals surface area (Å²) in [6, 6.07) is 18.1. The van der Waals surface area contributed by atoms with Crippen molar-refractivity contribution in [3.63, 3.8) is 0 Å². The number of nitrogen functional groups attached to an aromatic ring is 1. The number of hydrogen-bond acceptors (Lipinski definition) is 6. The molecule has 0 saturated heterocycles. The molecule has 5 nitrogen and oxygen atoms in total. The van der Waals surface area contributed by atoms with Crippen molar-refractivity contribution in [2.45, 2.75) is 16.8 Å². The molecule has 0 spiro atoms. The third-order valence-corrected chi connectivity index (χ3v) is 5.65. The number of fused-ring (bicyclic) bond motifs is 1. The van der Waals surface area contributed by atoms with Crippen molar-refractivity contribution in [1.29, 1.82) is 5.26 Å². The number of nitrogens with two attached hydrogens (primary N) is 1. The highest BCUT2D eigenvalue weighted by Crippen LogP contribution is 2.35. The molecule has 0 radical (unpaired) electrons. The lowest BCUT2D eigenvalue weighted by Gasteiger charge is -1.99. The molecule has 0 aliphatic carbocycles. The normalized spacial score (nSPS) is 10.9. The fourth-order valence-corrected chi connectivity index (χ4v) is 4.39.